The van der Waals surface area contributed by atoms with Gasteiger partial charge in [-0.25, -0.2) is 18.6 Å². The number of hydrogen-bond donors (Lipinski definition) is 1. The van der Waals surface area contributed by atoms with Gasteiger partial charge in [0.1, 0.15) is 11.6 Å². The van der Waals surface area contributed by atoms with Gasteiger partial charge < -0.3 is 10.1 Å². The van der Waals surface area contributed by atoms with Gasteiger partial charge in [-0.1, -0.05) is 0 Å². The number of aromatic nitrogens is 1. The number of hydrogen-bond acceptors (Lipinski definition) is 5. The summed E-state index contributed by atoms with van der Waals surface area (Å²) >= 11 is 4.06. The molecule has 0 saturated carbocycles. The molecular formula is C13H11BrF2N2O2S. The quantitative estimate of drug-likeness (QED) is 0.634. The van der Waals surface area contributed by atoms with Crippen molar-refractivity contribution in [1.29, 1.82) is 0 Å². The van der Waals surface area contributed by atoms with Gasteiger partial charge in [-0.2, -0.15) is 0 Å². The first-order chi connectivity index (χ1) is 9.92. The molecule has 1 heterocycles. The summed E-state index contributed by atoms with van der Waals surface area (Å²) in [4.78, 5) is 16.3. The maximum Gasteiger partial charge on any atom is 0.358 e. The number of thiazole rings is 1. The van der Waals surface area contributed by atoms with Gasteiger partial charge in [0, 0.05) is 10.9 Å². The summed E-state index contributed by atoms with van der Waals surface area (Å²) in [6.45, 7) is 3.64. The molecule has 4 nitrogen and oxygen atoms in total. The average molecular weight is 377 g/mol. The maximum absolute atomic E-state index is 13.7. The molecule has 2 rings (SSSR count). The number of carbonyl (C=O) groups excluding carboxylic acids is 1. The summed E-state index contributed by atoms with van der Waals surface area (Å²) in [6, 6.07) is 2.03. The van der Waals surface area contributed by atoms with E-state index in [1.807, 2.05) is 0 Å². The Hall–Kier alpha value is -1.54. The van der Waals surface area contributed by atoms with Crippen LogP contribution in [0.25, 0.3) is 0 Å². The van der Waals surface area contributed by atoms with Gasteiger partial charge in [0.25, 0.3) is 0 Å². The SMILES string of the molecule is CCOC(=O)c1nc(Nc2cc(F)c(Br)cc2F)sc1C. The van der Waals surface area contributed by atoms with Crippen LogP contribution in [0.4, 0.5) is 19.6 Å². The van der Waals surface area contributed by atoms with Crippen molar-refractivity contribution in [2.24, 2.45) is 0 Å². The largest absolute Gasteiger partial charge is 0.461 e. The molecule has 0 atom stereocenters. The van der Waals surface area contributed by atoms with Crippen LogP contribution in [0.1, 0.15) is 22.3 Å². The average Bonchev–Trinajstić information content (AvgIpc) is 2.77. The second-order valence-electron chi connectivity index (χ2n) is 4.02. The lowest BCUT2D eigenvalue weighted by Gasteiger charge is -2.05. The zero-order chi connectivity index (χ0) is 15.6. The number of rotatable bonds is 4. The molecule has 0 unspecified atom stereocenters. The zero-order valence-corrected chi connectivity index (χ0v) is 13.6. The molecule has 0 fully saturated rings. The fourth-order valence-corrected chi connectivity index (χ4v) is 2.70. The Bertz CT molecular complexity index is 691. The predicted octanol–water partition coefficient (Wildman–Crippen LogP) is 4.41. The molecule has 0 amide bonds. The smallest absolute Gasteiger partial charge is 0.358 e. The van der Waals surface area contributed by atoms with E-state index in [9.17, 15) is 13.6 Å². The lowest BCUT2D eigenvalue weighted by atomic mass is 10.3. The van der Waals surface area contributed by atoms with Crippen LogP contribution in [-0.4, -0.2) is 17.6 Å². The summed E-state index contributed by atoms with van der Waals surface area (Å²) in [5.74, 6) is -1.77. The van der Waals surface area contributed by atoms with E-state index in [1.165, 1.54) is 0 Å². The molecule has 0 bridgehead atoms. The summed E-state index contributed by atoms with van der Waals surface area (Å²) in [7, 11) is 0. The minimum Gasteiger partial charge on any atom is -0.461 e. The highest BCUT2D eigenvalue weighted by molar-refractivity contribution is 9.10. The van der Waals surface area contributed by atoms with E-state index >= 15 is 0 Å². The normalized spacial score (nSPS) is 10.5. The van der Waals surface area contributed by atoms with E-state index < -0.39 is 17.6 Å². The van der Waals surface area contributed by atoms with Crippen molar-refractivity contribution >= 4 is 44.1 Å². The standard InChI is InChI=1S/C13H11BrF2N2O2S/c1-3-20-12(19)11-6(2)21-13(18-11)17-10-5-8(15)7(14)4-9(10)16/h4-5H,3H2,1-2H3,(H,17,18). The number of halogens is 3. The Labute approximate surface area is 132 Å². The molecule has 1 aromatic heterocycles. The van der Waals surface area contributed by atoms with Crippen molar-refractivity contribution in [3.8, 4) is 0 Å². The number of esters is 1. The molecule has 0 aliphatic heterocycles. The number of carbonyl (C=O) groups is 1. The van der Waals surface area contributed by atoms with Crippen molar-refractivity contribution in [2.75, 3.05) is 11.9 Å². The number of aryl methyl sites for hydroxylation is 1. The van der Waals surface area contributed by atoms with Gasteiger partial charge in [0.15, 0.2) is 10.8 Å². The molecule has 0 radical (unpaired) electrons. The molecule has 0 aliphatic rings. The number of nitrogens with one attached hydrogen (secondary N) is 1. The van der Waals surface area contributed by atoms with Crippen molar-refractivity contribution in [3.63, 3.8) is 0 Å². The topological polar surface area (TPSA) is 51.2 Å². The lowest BCUT2D eigenvalue weighted by molar-refractivity contribution is 0.0519. The second kappa shape index (κ2) is 6.48. The molecule has 0 spiro atoms. The molecule has 112 valence electrons. The van der Waals surface area contributed by atoms with E-state index in [2.05, 4.69) is 26.2 Å². The van der Waals surface area contributed by atoms with E-state index in [4.69, 9.17) is 4.74 Å². The fraction of sp³-hybridized carbons (Fsp3) is 0.231. The molecule has 1 N–H and O–H groups in total. The van der Waals surface area contributed by atoms with Crippen LogP contribution in [-0.2, 0) is 4.74 Å². The van der Waals surface area contributed by atoms with Gasteiger partial charge in [0.2, 0.25) is 0 Å². The fourth-order valence-electron chi connectivity index (χ4n) is 1.57. The van der Waals surface area contributed by atoms with Gasteiger partial charge in [-0.05, 0) is 35.8 Å². The molecule has 8 heteroatoms. The van der Waals surface area contributed by atoms with E-state index in [0.717, 1.165) is 23.5 Å². The first-order valence-corrected chi connectivity index (χ1v) is 7.59. The molecular weight excluding hydrogens is 366 g/mol. The maximum atomic E-state index is 13.7. The first kappa shape index (κ1) is 15.8. The van der Waals surface area contributed by atoms with Gasteiger partial charge in [-0.15, -0.1) is 11.3 Å². The van der Waals surface area contributed by atoms with Crippen molar-refractivity contribution < 1.29 is 18.3 Å². The minimum absolute atomic E-state index is 0.0353. The van der Waals surface area contributed by atoms with Crippen molar-refractivity contribution in [1.82, 2.24) is 4.98 Å². The van der Waals surface area contributed by atoms with Crippen LogP contribution in [0, 0.1) is 18.6 Å². The lowest BCUT2D eigenvalue weighted by Crippen LogP contribution is -2.06. The van der Waals surface area contributed by atoms with Crippen LogP contribution in [0.15, 0.2) is 16.6 Å². The number of nitrogens with zero attached hydrogens (tertiary/aromatic N) is 1. The van der Waals surface area contributed by atoms with Crippen LogP contribution in [0.2, 0.25) is 0 Å². The van der Waals surface area contributed by atoms with Gasteiger partial charge in [-0.3, -0.25) is 0 Å². The highest BCUT2D eigenvalue weighted by Gasteiger charge is 2.17. The van der Waals surface area contributed by atoms with Crippen LogP contribution < -0.4 is 5.32 Å². The summed E-state index contributed by atoms with van der Waals surface area (Å²) in [5.41, 5.74) is 0.113. The monoisotopic (exact) mass is 376 g/mol. The highest BCUT2D eigenvalue weighted by atomic mass is 79.9. The Morgan fingerprint density at radius 2 is 2.14 bits per heavy atom. The molecule has 2 aromatic rings. The van der Waals surface area contributed by atoms with Crippen molar-refractivity contribution in [2.45, 2.75) is 13.8 Å². The van der Waals surface area contributed by atoms with Crippen LogP contribution >= 0.6 is 27.3 Å². The van der Waals surface area contributed by atoms with Crippen molar-refractivity contribution in [3.05, 3.63) is 38.8 Å². The minimum atomic E-state index is -0.631. The van der Waals surface area contributed by atoms with E-state index in [1.54, 1.807) is 13.8 Å². The van der Waals surface area contributed by atoms with Gasteiger partial charge >= 0.3 is 5.97 Å². The predicted molar refractivity (Wildman–Crippen MR) is 80.1 cm³/mol. The van der Waals surface area contributed by atoms with Crippen LogP contribution in [0.3, 0.4) is 0 Å². The Kier molecular flexibility index (Phi) is 4.89. The first-order valence-electron chi connectivity index (χ1n) is 5.98. The number of anilines is 2. The van der Waals surface area contributed by atoms with E-state index in [-0.39, 0.29) is 27.6 Å². The molecule has 1 aromatic carbocycles. The highest BCUT2D eigenvalue weighted by Crippen LogP contribution is 2.29. The zero-order valence-electron chi connectivity index (χ0n) is 11.2. The Morgan fingerprint density at radius 3 is 2.81 bits per heavy atom. The van der Waals surface area contributed by atoms with Crippen LogP contribution in [0.5, 0.6) is 0 Å². The van der Waals surface area contributed by atoms with E-state index in [0.29, 0.717) is 4.88 Å². The number of benzene rings is 1. The third kappa shape index (κ3) is 3.56. The second-order valence-corrected chi connectivity index (χ2v) is 6.07. The third-order valence-electron chi connectivity index (χ3n) is 2.52. The summed E-state index contributed by atoms with van der Waals surface area (Å²) in [5, 5.41) is 2.95. The van der Waals surface area contributed by atoms with Gasteiger partial charge in [0.05, 0.1) is 16.8 Å². The Balaban J connectivity index is 2.27. The summed E-state index contributed by atoms with van der Waals surface area (Å²) < 4.78 is 32.1. The summed E-state index contributed by atoms with van der Waals surface area (Å²) in [6.07, 6.45) is 0. The number of ether oxygens (including phenoxy) is 1. The Morgan fingerprint density at radius 1 is 1.43 bits per heavy atom. The molecule has 0 saturated heterocycles. The third-order valence-corrected chi connectivity index (χ3v) is 4.01. The molecule has 0 aliphatic carbocycles. The molecule has 21 heavy (non-hydrogen) atoms.